The molecule has 0 spiro atoms. The number of nitrogens with one attached hydrogen (secondary N) is 2. The van der Waals surface area contributed by atoms with Gasteiger partial charge in [-0.25, -0.2) is 0 Å². The van der Waals surface area contributed by atoms with Gasteiger partial charge in [0.2, 0.25) is 0 Å². The molecule has 0 bridgehead atoms. The fourth-order valence-electron chi connectivity index (χ4n) is 7.84. The Labute approximate surface area is 196 Å². The van der Waals surface area contributed by atoms with Crippen LogP contribution in [0.4, 0.5) is 0 Å². The number of alkyl halides is 2. The molecule has 2 aliphatic heterocycles. The van der Waals surface area contributed by atoms with Crippen LogP contribution in [-0.4, -0.2) is 34.9 Å². The predicted octanol–water partition coefficient (Wildman–Crippen LogP) is 6.59. The Bertz CT molecular complexity index is 600. The molecule has 2 saturated carbocycles. The Morgan fingerprint density at radius 2 is 1.50 bits per heavy atom. The first-order chi connectivity index (χ1) is 14.0. The van der Waals surface area contributed by atoms with Crippen molar-refractivity contribution in [1.29, 1.82) is 0 Å². The van der Waals surface area contributed by atoms with Crippen molar-refractivity contribution in [2.75, 3.05) is 0 Å². The molecule has 0 radical (unpaired) electrons. The van der Waals surface area contributed by atoms with E-state index in [4.69, 9.17) is 23.2 Å². The van der Waals surface area contributed by atoms with Crippen LogP contribution in [0.2, 0.25) is 0 Å². The zero-order valence-electron chi connectivity index (χ0n) is 20.2. The molecule has 2 nitrogen and oxygen atoms in total. The summed E-state index contributed by atoms with van der Waals surface area (Å²) in [4.78, 5) is 0. The van der Waals surface area contributed by atoms with Crippen molar-refractivity contribution in [2.24, 2.45) is 34.5 Å². The zero-order valence-corrected chi connectivity index (χ0v) is 21.7. The average Bonchev–Trinajstić information content (AvgIpc) is 3.21. The van der Waals surface area contributed by atoms with E-state index >= 15 is 0 Å². The van der Waals surface area contributed by atoms with Gasteiger partial charge >= 0.3 is 0 Å². The predicted molar refractivity (Wildman–Crippen MR) is 131 cm³/mol. The maximum absolute atomic E-state index is 7.24. The highest BCUT2D eigenvalue weighted by atomic mass is 35.5. The Kier molecular flexibility index (Phi) is 6.85. The van der Waals surface area contributed by atoms with Crippen LogP contribution >= 0.6 is 23.2 Å². The van der Waals surface area contributed by atoms with Crippen molar-refractivity contribution >= 4 is 23.2 Å². The summed E-state index contributed by atoms with van der Waals surface area (Å²) in [6.07, 6.45) is 10.3. The second-order valence-electron chi connectivity index (χ2n) is 13.4. The smallest absolute Gasteiger partial charge is 0.0532 e. The summed E-state index contributed by atoms with van der Waals surface area (Å²) in [6, 6.07) is 2.31. The summed E-state index contributed by atoms with van der Waals surface area (Å²) in [6.45, 7) is 14.4. The molecular formula is C26H46Cl2N2. The number of rotatable bonds is 5. The van der Waals surface area contributed by atoms with Crippen molar-refractivity contribution in [2.45, 2.75) is 128 Å². The van der Waals surface area contributed by atoms with Gasteiger partial charge < -0.3 is 10.6 Å². The SMILES string of the molecule is CC1NC(CC(C)(C)C)C2C(Cl)C(CC(C)(C)CC3NC4CCCCC4C3Cl)CC12. The standard InChI is InChI=1S/C26H46Cl2N2/c1-15-18-11-16(23(27)22(18)20(29-15)13-25(2,3)4)12-26(5,6)14-21-24(28)17-9-7-8-10-19(17)30-21/h15-24,29-30H,7-14H2,1-6H3. The summed E-state index contributed by atoms with van der Waals surface area (Å²) in [5.41, 5.74) is 0.630. The van der Waals surface area contributed by atoms with Gasteiger partial charge in [-0.1, -0.05) is 47.5 Å². The van der Waals surface area contributed by atoms with Crippen LogP contribution in [0.15, 0.2) is 0 Å². The van der Waals surface area contributed by atoms with Gasteiger partial charge in [0.15, 0.2) is 0 Å². The van der Waals surface area contributed by atoms with E-state index in [0.717, 1.165) is 5.92 Å². The molecule has 2 heterocycles. The Balaban J connectivity index is 1.38. The van der Waals surface area contributed by atoms with Gasteiger partial charge in [0.1, 0.15) is 0 Å². The molecule has 10 atom stereocenters. The van der Waals surface area contributed by atoms with Crippen molar-refractivity contribution < 1.29 is 0 Å². The van der Waals surface area contributed by atoms with Crippen LogP contribution < -0.4 is 10.6 Å². The van der Waals surface area contributed by atoms with E-state index in [1.807, 2.05) is 0 Å². The zero-order chi connectivity index (χ0) is 21.8. The molecule has 4 rings (SSSR count). The molecule has 4 fully saturated rings. The molecule has 0 aromatic heterocycles. The van der Waals surface area contributed by atoms with Gasteiger partial charge in [-0.15, -0.1) is 23.2 Å². The third-order valence-electron chi connectivity index (χ3n) is 8.93. The molecular weight excluding hydrogens is 411 g/mol. The maximum atomic E-state index is 7.24. The monoisotopic (exact) mass is 456 g/mol. The Morgan fingerprint density at radius 3 is 2.17 bits per heavy atom. The largest absolute Gasteiger partial charge is 0.311 e. The number of hydrogen-bond acceptors (Lipinski definition) is 2. The average molecular weight is 458 g/mol. The quantitative estimate of drug-likeness (QED) is 0.455. The minimum atomic E-state index is 0.283. The molecule has 2 saturated heterocycles. The first kappa shape index (κ1) is 23.7. The Hall–Kier alpha value is 0.500. The summed E-state index contributed by atoms with van der Waals surface area (Å²) < 4.78 is 0. The number of hydrogen-bond donors (Lipinski definition) is 2. The molecule has 4 heteroatoms. The van der Waals surface area contributed by atoms with Crippen molar-refractivity contribution in [3.8, 4) is 0 Å². The summed E-state index contributed by atoms with van der Waals surface area (Å²) in [5.74, 6) is 2.71. The van der Waals surface area contributed by atoms with Gasteiger partial charge in [0, 0.05) is 29.5 Å². The third kappa shape index (κ3) is 4.87. The lowest BCUT2D eigenvalue weighted by Crippen LogP contribution is -2.39. The van der Waals surface area contributed by atoms with Crippen LogP contribution in [-0.2, 0) is 0 Å². The van der Waals surface area contributed by atoms with E-state index in [1.54, 1.807) is 0 Å². The van der Waals surface area contributed by atoms with E-state index in [1.165, 1.54) is 51.4 Å². The van der Waals surface area contributed by atoms with E-state index in [2.05, 4.69) is 52.2 Å². The van der Waals surface area contributed by atoms with E-state index < -0.39 is 0 Å². The lowest BCUT2D eigenvalue weighted by atomic mass is 9.75. The van der Waals surface area contributed by atoms with Crippen molar-refractivity contribution in [3.05, 3.63) is 0 Å². The van der Waals surface area contributed by atoms with Crippen LogP contribution in [0.5, 0.6) is 0 Å². The lowest BCUT2D eigenvalue weighted by Gasteiger charge is -2.35. The minimum absolute atomic E-state index is 0.283. The van der Waals surface area contributed by atoms with E-state index in [0.29, 0.717) is 58.1 Å². The normalized spacial score (nSPS) is 46.8. The van der Waals surface area contributed by atoms with Crippen molar-refractivity contribution in [1.82, 2.24) is 10.6 Å². The maximum Gasteiger partial charge on any atom is 0.0532 e. The fraction of sp³-hybridized carbons (Fsp3) is 1.00. The van der Waals surface area contributed by atoms with Gasteiger partial charge in [-0.05, 0) is 80.0 Å². The highest BCUT2D eigenvalue weighted by molar-refractivity contribution is 6.21. The number of halogens is 2. The molecule has 0 amide bonds. The second kappa shape index (κ2) is 8.69. The highest BCUT2D eigenvalue weighted by Gasteiger charge is 2.54. The van der Waals surface area contributed by atoms with Gasteiger partial charge in [-0.3, -0.25) is 0 Å². The third-order valence-corrected chi connectivity index (χ3v) is 10.2. The molecule has 10 unspecified atom stereocenters. The highest BCUT2D eigenvalue weighted by Crippen LogP contribution is 2.53. The molecule has 2 aliphatic carbocycles. The first-order valence-corrected chi connectivity index (χ1v) is 13.6. The van der Waals surface area contributed by atoms with E-state index in [9.17, 15) is 0 Å². The molecule has 2 N–H and O–H groups in total. The molecule has 0 aromatic rings. The molecule has 0 aromatic carbocycles. The van der Waals surface area contributed by atoms with Crippen molar-refractivity contribution in [3.63, 3.8) is 0 Å². The van der Waals surface area contributed by atoms with Gasteiger partial charge in [0.05, 0.1) is 5.38 Å². The first-order valence-electron chi connectivity index (χ1n) is 12.8. The summed E-state index contributed by atoms with van der Waals surface area (Å²) in [7, 11) is 0. The molecule has 4 aliphatic rings. The summed E-state index contributed by atoms with van der Waals surface area (Å²) in [5, 5.41) is 8.47. The summed E-state index contributed by atoms with van der Waals surface area (Å²) >= 11 is 14.2. The fourth-order valence-corrected chi connectivity index (χ4v) is 8.86. The molecule has 30 heavy (non-hydrogen) atoms. The molecule has 174 valence electrons. The second-order valence-corrected chi connectivity index (χ2v) is 14.4. The van der Waals surface area contributed by atoms with Gasteiger partial charge in [0.25, 0.3) is 0 Å². The van der Waals surface area contributed by atoms with Crippen LogP contribution in [0, 0.1) is 34.5 Å². The number of fused-ring (bicyclic) bond motifs is 2. The Morgan fingerprint density at radius 1 is 0.800 bits per heavy atom. The van der Waals surface area contributed by atoms with Crippen LogP contribution in [0.1, 0.15) is 92.9 Å². The van der Waals surface area contributed by atoms with E-state index in [-0.39, 0.29) is 5.41 Å². The van der Waals surface area contributed by atoms with Gasteiger partial charge in [-0.2, -0.15) is 0 Å². The topological polar surface area (TPSA) is 24.1 Å². The minimum Gasteiger partial charge on any atom is -0.311 e. The van der Waals surface area contributed by atoms with Crippen LogP contribution in [0.3, 0.4) is 0 Å². The van der Waals surface area contributed by atoms with Crippen LogP contribution in [0.25, 0.3) is 0 Å². The lowest BCUT2D eigenvalue weighted by molar-refractivity contribution is 0.212.